The summed E-state index contributed by atoms with van der Waals surface area (Å²) >= 11 is 12.0. The van der Waals surface area contributed by atoms with Crippen molar-refractivity contribution >= 4 is 28.9 Å². The monoisotopic (exact) mass is 279 g/mol. The summed E-state index contributed by atoms with van der Waals surface area (Å²) in [6, 6.07) is 14.1. The van der Waals surface area contributed by atoms with Gasteiger partial charge in [0, 0.05) is 21.8 Å². The number of aryl methyl sites for hydroxylation is 1. The molecule has 0 radical (unpaired) electrons. The van der Waals surface area contributed by atoms with E-state index in [1.165, 1.54) is 11.1 Å². The molecule has 2 aromatic rings. The molecule has 1 atom stereocenters. The molecule has 0 bridgehead atoms. The van der Waals surface area contributed by atoms with Crippen LogP contribution in [0.15, 0.2) is 42.5 Å². The van der Waals surface area contributed by atoms with E-state index >= 15 is 0 Å². The Morgan fingerprint density at radius 3 is 2.28 bits per heavy atom. The van der Waals surface area contributed by atoms with Crippen molar-refractivity contribution in [2.75, 3.05) is 5.32 Å². The third-order valence-electron chi connectivity index (χ3n) is 2.79. The van der Waals surface area contributed by atoms with Gasteiger partial charge in [-0.25, -0.2) is 0 Å². The summed E-state index contributed by atoms with van der Waals surface area (Å²) in [7, 11) is 0. The number of anilines is 1. The molecule has 2 aromatic carbocycles. The standard InChI is InChI=1S/C15H15Cl2N/c1-10-4-3-5-12(6-10)11(2)18-15-8-13(16)7-14(17)9-15/h3-9,11,18H,1-2H3. The molecule has 1 N–H and O–H groups in total. The summed E-state index contributed by atoms with van der Waals surface area (Å²) in [5, 5.41) is 4.68. The lowest BCUT2D eigenvalue weighted by molar-refractivity contribution is 0.883. The smallest absolute Gasteiger partial charge is 0.0485 e. The third-order valence-corrected chi connectivity index (χ3v) is 3.22. The Morgan fingerprint density at radius 1 is 1.00 bits per heavy atom. The summed E-state index contributed by atoms with van der Waals surface area (Å²) < 4.78 is 0. The number of nitrogens with one attached hydrogen (secondary N) is 1. The van der Waals surface area contributed by atoms with E-state index in [1.807, 2.05) is 12.1 Å². The van der Waals surface area contributed by atoms with Gasteiger partial charge in [0.2, 0.25) is 0 Å². The molecule has 2 rings (SSSR count). The second-order valence-corrected chi connectivity index (χ2v) is 5.31. The molecule has 0 aliphatic rings. The van der Waals surface area contributed by atoms with Crippen LogP contribution in [0.1, 0.15) is 24.1 Å². The Labute approximate surface area is 118 Å². The Morgan fingerprint density at radius 2 is 1.67 bits per heavy atom. The van der Waals surface area contributed by atoms with Crippen LogP contribution in [0.5, 0.6) is 0 Å². The van der Waals surface area contributed by atoms with Crippen LogP contribution < -0.4 is 5.32 Å². The van der Waals surface area contributed by atoms with Gasteiger partial charge in [0.05, 0.1) is 0 Å². The number of halogens is 2. The summed E-state index contributed by atoms with van der Waals surface area (Å²) in [5.74, 6) is 0. The van der Waals surface area contributed by atoms with Crippen molar-refractivity contribution in [3.8, 4) is 0 Å². The van der Waals surface area contributed by atoms with Gasteiger partial charge in [0.15, 0.2) is 0 Å². The lowest BCUT2D eigenvalue weighted by Crippen LogP contribution is -2.06. The molecule has 0 saturated carbocycles. The molecule has 0 aliphatic carbocycles. The maximum Gasteiger partial charge on any atom is 0.0485 e. The van der Waals surface area contributed by atoms with Crippen LogP contribution in [0.3, 0.4) is 0 Å². The molecule has 3 heteroatoms. The lowest BCUT2D eigenvalue weighted by Gasteiger charge is -2.16. The van der Waals surface area contributed by atoms with Crippen LogP contribution in [0.4, 0.5) is 5.69 Å². The molecule has 1 nitrogen and oxygen atoms in total. The molecular weight excluding hydrogens is 265 g/mol. The zero-order valence-corrected chi connectivity index (χ0v) is 11.9. The van der Waals surface area contributed by atoms with E-state index in [9.17, 15) is 0 Å². The van der Waals surface area contributed by atoms with E-state index in [-0.39, 0.29) is 6.04 Å². The van der Waals surface area contributed by atoms with Gasteiger partial charge < -0.3 is 5.32 Å². The molecule has 0 fully saturated rings. The van der Waals surface area contributed by atoms with Gasteiger partial charge in [-0.05, 0) is 37.6 Å². The van der Waals surface area contributed by atoms with Crippen LogP contribution in [0.25, 0.3) is 0 Å². The van der Waals surface area contributed by atoms with Crippen LogP contribution >= 0.6 is 23.2 Å². The van der Waals surface area contributed by atoms with Crippen LogP contribution in [-0.2, 0) is 0 Å². The molecule has 0 heterocycles. The van der Waals surface area contributed by atoms with Crippen molar-refractivity contribution in [2.45, 2.75) is 19.9 Å². The van der Waals surface area contributed by atoms with E-state index in [0.717, 1.165) is 5.69 Å². The minimum absolute atomic E-state index is 0.208. The largest absolute Gasteiger partial charge is 0.378 e. The van der Waals surface area contributed by atoms with Crippen molar-refractivity contribution in [1.29, 1.82) is 0 Å². The minimum Gasteiger partial charge on any atom is -0.378 e. The molecule has 94 valence electrons. The predicted octanol–water partition coefficient (Wildman–Crippen LogP) is 5.47. The van der Waals surface area contributed by atoms with Crippen molar-refractivity contribution in [1.82, 2.24) is 0 Å². The highest BCUT2D eigenvalue weighted by Gasteiger charge is 2.06. The minimum atomic E-state index is 0.208. The van der Waals surface area contributed by atoms with Gasteiger partial charge in [-0.15, -0.1) is 0 Å². The third kappa shape index (κ3) is 3.41. The summed E-state index contributed by atoms with van der Waals surface area (Å²) in [6.07, 6.45) is 0. The average molecular weight is 280 g/mol. The Hall–Kier alpha value is -1.18. The van der Waals surface area contributed by atoms with Crippen LogP contribution in [0.2, 0.25) is 10.0 Å². The zero-order chi connectivity index (χ0) is 13.1. The molecule has 0 saturated heterocycles. The highest BCUT2D eigenvalue weighted by Crippen LogP contribution is 2.26. The van der Waals surface area contributed by atoms with Crippen LogP contribution in [-0.4, -0.2) is 0 Å². The van der Waals surface area contributed by atoms with Crippen molar-refractivity contribution in [3.63, 3.8) is 0 Å². The van der Waals surface area contributed by atoms with E-state index in [4.69, 9.17) is 23.2 Å². The topological polar surface area (TPSA) is 12.0 Å². The van der Waals surface area contributed by atoms with E-state index in [1.54, 1.807) is 6.07 Å². The lowest BCUT2D eigenvalue weighted by atomic mass is 10.1. The first-order valence-corrected chi connectivity index (χ1v) is 6.59. The van der Waals surface area contributed by atoms with E-state index < -0.39 is 0 Å². The molecule has 0 aromatic heterocycles. The average Bonchev–Trinajstić information content (AvgIpc) is 2.27. The highest BCUT2D eigenvalue weighted by atomic mass is 35.5. The molecule has 18 heavy (non-hydrogen) atoms. The quantitative estimate of drug-likeness (QED) is 0.785. The fourth-order valence-corrected chi connectivity index (χ4v) is 2.44. The van der Waals surface area contributed by atoms with Gasteiger partial charge in [-0.3, -0.25) is 0 Å². The molecule has 0 amide bonds. The first kappa shape index (κ1) is 13.3. The number of benzene rings is 2. The van der Waals surface area contributed by atoms with Crippen molar-refractivity contribution in [2.24, 2.45) is 0 Å². The number of hydrogen-bond donors (Lipinski definition) is 1. The van der Waals surface area contributed by atoms with Crippen molar-refractivity contribution < 1.29 is 0 Å². The van der Waals surface area contributed by atoms with Crippen molar-refractivity contribution in [3.05, 3.63) is 63.6 Å². The van der Waals surface area contributed by atoms with E-state index in [2.05, 4.69) is 43.4 Å². The van der Waals surface area contributed by atoms with Gasteiger partial charge in [-0.2, -0.15) is 0 Å². The second kappa shape index (κ2) is 5.64. The van der Waals surface area contributed by atoms with Gasteiger partial charge >= 0.3 is 0 Å². The van der Waals surface area contributed by atoms with Crippen LogP contribution in [0, 0.1) is 6.92 Å². The number of hydrogen-bond acceptors (Lipinski definition) is 1. The first-order chi connectivity index (χ1) is 8.54. The summed E-state index contributed by atoms with van der Waals surface area (Å²) in [4.78, 5) is 0. The zero-order valence-electron chi connectivity index (χ0n) is 10.4. The van der Waals surface area contributed by atoms with Gasteiger partial charge in [-0.1, -0.05) is 53.0 Å². The van der Waals surface area contributed by atoms with Gasteiger partial charge in [0.25, 0.3) is 0 Å². The SMILES string of the molecule is Cc1cccc(C(C)Nc2cc(Cl)cc(Cl)c2)c1. The Kier molecular flexibility index (Phi) is 4.15. The summed E-state index contributed by atoms with van der Waals surface area (Å²) in [6.45, 7) is 4.20. The maximum absolute atomic E-state index is 5.98. The van der Waals surface area contributed by atoms with E-state index in [0.29, 0.717) is 10.0 Å². The Balaban J connectivity index is 2.18. The first-order valence-electron chi connectivity index (χ1n) is 5.84. The second-order valence-electron chi connectivity index (χ2n) is 4.44. The normalized spacial score (nSPS) is 12.2. The molecule has 0 aliphatic heterocycles. The molecule has 1 unspecified atom stereocenters. The fraction of sp³-hybridized carbons (Fsp3) is 0.200. The predicted molar refractivity (Wildman–Crippen MR) is 79.7 cm³/mol. The van der Waals surface area contributed by atoms with Gasteiger partial charge in [0.1, 0.15) is 0 Å². The maximum atomic E-state index is 5.98. The highest BCUT2D eigenvalue weighted by molar-refractivity contribution is 6.35. The molecular formula is C15H15Cl2N. The molecule has 0 spiro atoms. The summed E-state index contributed by atoms with van der Waals surface area (Å²) in [5.41, 5.74) is 3.43. The Bertz CT molecular complexity index is 532. The fourth-order valence-electron chi connectivity index (χ4n) is 1.91. The number of rotatable bonds is 3.